The van der Waals surface area contributed by atoms with Gasteiger partial charge in [0.1, 0.15) is 11.3 Å². The first-order valence-electron chi connectivity index (χ1n) is 12.0. The molecule has 186 valence electrons. The first kappa shape index (κ1) is 23.7. The quantitative estimate of drug-likeness (QED) is 0.455. The van der Waals surface area contributed by atoms with E-state index in [4.69, 9.17) is 32.0 Å². The van der Waals surface area contributed by atoms with Gasteiger partial charge in [0.2, 0.25) is 17.8 Å². The molecule has 2 fully saturated rings. The number of benzene rings is 1. The van der Waals surface area contributed by atoms with Crippen molar-refractivity contribution in [2.45, 2.75) is 57.5 Å². The molecule has 2 aliphatic rings. The molecule has 0 unspecified atom stereocenters. The highest BCUT2D eigenvalue weighted by Crippen LogP contribution is 2.37. The highest BCUT2D eigenvalue weighted by molar-refractivity contribution is 6.31. The lowest BCUT2D eigenvalue weighted by atomic mass is 9.85. The van der Waals surface area contributed by atoms with Gasteiger partial charge in [-0.25, -0.2) is 14.4 Å². The maximum absolute atomic E-state index is 14.7. The second-order valence-electron chi connectivity index (χ2n) is 9.35. The maximum Gasteiger partial charge on any atom is 0.224 e. The van der Waals surface area contributed by atoms with Crippen LogP contribution in [0.3, 0.4) is 0 Å². The number of hydrogen-bond donors (Lipinski definition) is 3. The Morgan fingerprint density at radius 2 is 1.91 bits per heavy atom. The fourth-order valence-electron chi connectivity index (χ4n) is 4.91. The fraction of sp³-hybridized carbons (Fsp3) is 0.500. The number of anilines is 3. The van der Waals surface area contributed by atoms with Crippen molar-refractivity contribution in [3.8, 4) is 0 Å². The number of nitrogens with one attached hydrogen (secondary N) is 2. The molecule has 9 nitrogen and oxygen atoms in total. The van der Waals surface area contributed by atoms with E-state index in [1.54, 1.807) is 12.3 Å². The Bertz CT molecular complexity index is 1240. The van der Waals surface area contributed by atoms with Crippen molar-refractivity contribution in [2.24, 2.45) is 11.7 Å². The van der Waals surface area contributed by atoms with Gasteiger partial charge < -0.3 is 21.1 Å². The molecular formula is C24H29ClFN7O2. The SMILES string of the molecule is Cc1cc(Nc2nc3cnc(NC4CCOCC4)nc3n2C2CCC(C(N)=O)CC2)c(F)cc1Cl. The van der Waals surface area contributed by atoms with Gasteiger partial charge in [0.15, 0.2) is 5.65 Å². The molecule has 11 heteroatoms. The number of nitrogens with two attached hydrogens (primary N) is 1. The van der Waals surface area contributed by atoms with Crippen LogP contribution in [0.15, 0.2) is 18.3 Å². The van der Waals surface area contributed by atoms with Crippen molar-refractivity contribution in [1.82, 2.24) is 19.5 Å². The number of primary amides is 1. The van der Waals surface area contributed by atoms with Crippen LogP contribution in [-0.2, 0) is 9.53 Å². The summed E-state index contributed by atoms with van der Waals surface area (Å²) in [6.07, 6.45) is 6.31. The number of ether oxygens (including phenoxy) is 1. The van der Waals surface area contributed by atoms with Gasteiger partial charge in [-0.3, -0.25) is 9.36 Å². The molecule has 0 radical (unpaired) electrons. The zero-order valence-corrected chi connectivity index (χ0v) is 20.3. The molecule has 3 heterocycles. The van der Waals surface area contributed by atoms with Crippen molar-refractivity contribution < 1.29 is 13.9 Å². The van der Waals surface area contributed by atoms with E-state index in [2.05, 4.69) is 15.6 Å². The van der Waals surface area contributed by atoms with E-state index in [0.29, 0.717) is 54.1 Å². The molecule has 1 aromatic carbocycles. The normalized spacial score (nSPS) is 21.2. The van der Waals surface area contributed by atoms with E-state index in [-0.39, 0.29) is 29.6 Å². The summed E-state index contributed by atoms with van der Waals surface area (Å²) < 4.78 is 22.2. The zero-order valence-electron chi connectivity index (χ0n) is 19.6. The Hall–Kier alpha value is -2.98. The summed E-state index contributed by atoms with van der Waals surface area (Å²) in [5.74, 6) is 0.136. The van der Waals surface area contributed by atoms with Gasteiger partial charge in [-0.1, -0.05) is 11.6 Å². The topological polar surface area (TPSA) is 120 Å². The summed E-state index contributed by atoms with van der Waals surface area (Å²) in [6.45, 7) is 3.24. The van der Waals surface area contributed by atoms with Gasteiger partial charge >= 0.3 is 0 Å². The maximum atomic E-state index is 14.7. The Labute approximate surface area is 207 Å². The van der Waals surface area contributed by atoms with E-state index < -0.39 is 5.82 Å². The molecule has 0 spiro atoms. The van der Waals surface area contributed by atoms with E-state index >= 15 is 0 Å². The molecule has 0 atom stereocenters. The summed E-state index contributed by atoms with van der Waals surface area (Å²) in [5, 5.41) is 6.92. The zero-order chi connectivity index (χ0) is 24.5. The third-order valence-electron chi connectivity index (χ3n) is 6.95. The third-order valence-corrected chi connectivity index (χ3v) is 7.35. The summed E-state index contributed by atoms with van der Waals surface area (Å²) in [7, 11) is 0. The molecule has 0 bridgehead atoms. The van der Waals surface area contributed by atoms with Gasteiger partial charge in [-0.05, 0) is 63.1 Å². The second kappa shape index (κ2) is 9.94. The third kappa shape index (κ3) is 5.04. The Morgan fingerprint density at radius 3 is 2.63 bits per heavy atom. The summed E-state index contributed by atoms with van der Waals surface area (Å²) in [4.78, 5) is 25.7. The van der Waals surface area contributed by atoms with Gasteiger partial charge in [0, 0.05) is 36.2 Å². The lowest BCUT2D eigenvalue weighted by molar-refractivity contribution is -0.122. The molecule has 5 rings (SSSR count). The molecule has 1 saturated heterocycles. The van der Waals surface area contributed by atoms with Crippen LogP contribution in [0.1, 0.15) is 50.1 Å². The van der Waals surface area contributed by atoms with Crippen LogP contribution in [-0.4, -0.2) is 44.7 Å². The minimum Gasteiger partial charge on any atom is -0.381 e. The monoisotopic (exact) mass is 501 g/mol. The highest BCUT2D eigenvalue weighted by atomic mass is 35.5. The molecule has 1 saturated carbocycles. The average Bonchev–Trinajstić information content (AvgIpc) is 3.20. The van der Waals surface area contributed by atoms with Crippen molar-refractivity contribution in [3.63, 3.8) is 0 Å². The van der Waals surface area contributed by atoms with Crippen molar-refractivity contribution in [2.75, 3.05) is 23.8 Å². The number of imidazole rings is 1. The van der Waals surface area contributed by atoms with E-state index in [1.807, 2.05) is 11.5 Å². The summed E-state index contributed by atoms with van der Waals surface area (Å²) >= 11 is 6.08. The number of hydrogen-bond acceptors (Lipinski definition) is 7. The number of nitrogens with zero attached hydrogens (tertiary/aromatic N) is 4. The Kier molecular flexibility index (Phi) is 6.75. The van der Waals surface area contributed by atoms with Crippen LogP contribution in [0.5, 0.6) is 0 Å². The number of carbonyl (C=O) groups excluding carboxylic acids is 1. The number of carbonyl (C=O) groups is 1. The molecule has 1 aliphatic carbocycles. The molecule has 3 aromatic rings. The highest BCUT2D eigenvalue weighted by Gasteiger charge is 2.29. The van der Waals surface area contributed by atoms with E-state index in [0.717, 1.165) is 31.2 Å². The fourth-order valence-corrected chi connectivity index (χ4v) is 5.06. The standard InChI is InChI=1S/C24H29ClFN7O2/c1-13-10-19(18(26)11-17(13)25)30-24-31-20-12-28-23(29-15-6-8-35-9-7-15)32-22(20)33(24)16-4-2-14(3-5-16)21(27)34/h10-12,14-16H,2-9H2,1H3,(H2,27,34)(H,30,31)(H,28,29,32). The largest absolute Gasteiger partial charge is 0.381 e. The minimum absolute atomic E-state index is 0.0281. The number of rotatable bonds is 6. The van der Waals surface area contributed by atoms with Crippen molar-refractivity contribution in [3.05, 3.63) is 34.7 Å². The van der Waals surface area contributed by atoms with Crippen LogP contribution in [0.4, 0.5) is 22.0 Å². The van der Waals surface area contributed by atoms with Gasteiger partial charge in [-0.2, -0.15) is 4.98 Å². The second-order valence-corrected chi connectivity index (χ2v) is 9.76. The minimum atomic E-state index is -0.468. The van der Waals surface area contributed by atoms with Crippen LogP contribution in [0.2, 0.25) is 5.02 Å². The van der Waals surface area contributed by atoms with Crippen LogP contribution >= 0.6 is 11.6 Å². The number of amides is 1. The predicted molar refractivity (Wildman–Crippen MR) is 132 cm³/mol. The lowest BCUT2D eigenvalue weighted by Crippen LogP contribution is -2.29. The first-order chi connectivity index (χ1) is 16.9. The molecule has 2 aromatic heterocycles. The van der Waals surface area contributed by atoms with E-state index in [9.17, 15) is 9.18 Å². The van der Waals surface area contributed by atoms with Crippen LogP contribution in [0.25, 0.3) is 11.2 Å². The summed E-state index contributed by atoms with van der Waals surface area (Å²) in [5.41, 5.74) is 7.84. The molecular weight excluding hydrogens is 473 g/mol. The van der Waals surface area contributed by atoms with Crippen molar-refractivity contribution in [1.29, 1.82) is 0 Å². The number of halogens is 2. The number of fused-ring (bicyclic) bond motifs is 1. The molecule has 1 amide bonds. The molecule has 35 heavy (non-hydrogen) atoms. The number of aryl methyl sites for hydroxylation is 1. The molecule has 4 N–H and O–H groups in total. The predicted octanol–water partition coefficient (Wildman–Crippen LogP) is 4.48. The van der Waals surface area contributed by atoms with Crippen LogP contribution in [0, 0.1) is 18.7 Å². The van der Waals surface area contributed by atoms with E-state index in [1.165, 1.54) is 6.07 Å². The lowest BCUT2D eigenvalue weighted by Gasteiger charge is -2.29. The van der Waals surface area contributed by atoms with Gasteiger partial charge in [0.05, 0.1) is 11.9 Å². The van der Waals surface area contributed by atoms with Crippen LogP contribution < -0.4 is 16.4 Å². The number of aromatic nitrogens is 4. The molecule has 1 aliphatic heterocycles. The first-order valence-corrected chi connectivity index (χ1v) is 12.4. The average molecular weight is 502 g/mol. The summed E-state index contributed by atoms with van der Waals surface area (Å²) in [6, 6.07) is 3.22. The Morgan fingerprint density at radius 1 is 1.17 bits per heavy atom. The van der Waals surface area contributed by atoms with Crippen molar-refractivity contribution >= 4 is 46.3 Å². The smallest absolute Gasteiger partial charge is 0.224 e. The van der Waals surface area contributed by atoms with Gasteiger partial charge in [-0.15, -0.1) is 0 Å². The Balaban J connectivity index is 1.51. The van der Waals surface area contributed by atoms with Gasteiger partial charge in [0.25, 0.3) is 0 Å².